The lowest BCUT2D eigenvalue weighted by atomic mass is 10.2. The first-order valence-electron chi connectivity index (χ1n) is 8.68. The van der Waals surface area contributed by atoms with Gasteiger partial charge in [0.25, 0.3) is 0 Å². The molecule has 2 rings (SSSR count). The highest BCUT2D eigenvalue weighted by atomic mass is 16.6. The van der Waals surface area contributed by atoms with E-state index in [4.69, 9.17) is 9.47 Å². The molecule has 6 nitrogen and oxygen atoms in total. The molecule has 1 fully saturated rings. The molecule has 1 N–H and O–H groups in total. The molecular formula is C19H28N2O4. The molecule has 1 aliphatic carbocycles. The van der Waals surface area contributed by atoms with Crippen molar-refractivity contribution >= 4 is 12.0 Å². The van der Waals surface area contributed by atoms with E-state index in [1.807, 2.05) is 29.2 Å². The number of alkyl carbamates (subject to hydrolysis) is 1. The van der Waals surface area contributed by atoms with Gasteiger partial charge in [0, 0.05) is 25.6 Å². The van der Waals surface area contributed by atoms with Gasteiger partial charge < -0.3 is 19.7 Å². The van der Waals surface area contributed by atoms with Crippen molar-refractivity contribution in [2.75, 3.05) is 13.7 Å². The number of nitrogens with one attached hydrogen (secondary N) is 1. The molecule has 6 heteroatoms. The number of rotatable bonds is 7. The van der Waals surface area contributed by atoms with Gasteiger partial charge in [0.15, 0.2) is 0 Å². The number of carbonyl (C=O) groups excluding carboxylic acids is 2. The fourth-order valence-corrected chi connectivity index (χ4v) is 2.46. The Kier molecular flexibility index (Phi) is 6.28. The van der Waals surface area contributed by atoms with Crippen molar-refractivity contribution in [3.8, 4) is 5.75 Å². The number of hydrogen-bond donors (Lipinski definition) is 1. The molecule has 138 valence electrons. The lowest BCUT2D eigenvalue weighted by Crippen LogP contribution is -2.37. The maximum absolute atomic E-state index is 12.5. The largest absolute Gasteiger partial charge is 0.497 e. The van der Waals surface area contributed by atoms with Crippen molar-refractivity contribution in [3.05, 3.63) is 29.8 Å². The first-order chi connectivity index (χ1) is 11.8. The van der Waals surface area contributed by atoms with Crippen molar-refractivity contribution < 1.29 is 19.1 Å². The Morgan fingerprint density at radius 3 is 2.36 bits per heavy atom. The van der Waals surface area contributed by atoms with E-state index in [1.54, 1.807) is 27.9 Å². The second-order valence-corrected chi connectivity index (χ2v) is 7.28. The fraction of sp³-hybridized carbons (Fsp3) is 0.579. The smallest absolute Gasteiger partial charge is 0.407 e. The van der Waals surface area contributed by atoms with Crippen LogP contribution in [0.4, 0.5) is 4.79 Å². The average molecular weight is 348 g/mol. The Bertz CT molecular complexity index is 588. The normalized spacial score (nSPS) is 13.9. The van der Waals surface area contributed by atoms with E-state index >= 15 is 0 Å². The summed E-state index contributed by atoms with van der Waals surface area (Å²) in [6.07, 6.45) is 1.86. The minimum atomic E-state index is -0.539. The minimum absolute atomic E-state index is 0.0503. The Morgan fingerprint density at radius 1 is 1.20 bits per heavy atom. The Labute approximate surface area is 149 Å². The third kappa shape index (κ3) is 6.64. The summed E-state index contributed by atoms with van der Waals surface area (Å²) in [4.78, 5) is 26.1. The van der Waals surface area contributed by atoms with Gasteiger partial charge in [-0.3, -0.25) is 4.79 Å². The molecule has 0 unspecified atom stereocenters. The molecule has 1 aromatic carbocycles. The molecule has 0 spiro atoms. The number of carbonyl (C=O) groups is 2. The zero-order valence-corrected chi connectivity index (χ0v) is 15.5. The van der Waals surface area contributed by atoms with Gasteiger partial charge in [-0.15, -0.1) is 0 Å². The van der Waals surface area contributed by atoms with Crippen LogP contribution in [0.25, 0.3) is 0 Å². The van der Waals surface area contributed by atoms with Gasteiger partial charge in [-0.1, -0.05) is 12.1 Å². The molecule has 25 heavy (non-hydrogen) atoms. The highest BCUT2D eigenvalue weighted by Gasteiger charge is 2.32. The summed E-state index contributed by atoms with van der Waals surface area (Å²) in [6, 6.07) is 8.06. The summed E-state index contributed by atoms with van der Waals surface area (Å²) in [5.74, 6) is 0.851. The zero-order valence-electron chi connectivity index (χ0n) is 15.5. The van der Waals surface area contributed by atoms with E-state index in [2.05, 4.69) is 5.32 Å². The number of hydrogen-bond acceptors (Lipinski definition) is 4. The van der Waals surface area contributed by atoms with E-state index < -0.39 is 11.7 Å². The van der Waals surface area contributed by atoms with E-state index in [-0.39, 0.29) is 18.9 Å². The molecule has 0 aromatic heterocycles. The summed E-state index contributed by atoms with van der Waals surface area (Å²) >= 11 is 0. The SMILES string of the molecule is COc1ccc(CN(C(=O)CCNC(=O)OC(C)(C)C)C2CC2)cc1. The Hall–Kier alpha value is -2.24. The van der Waals surface area contributed by atoms with Crippen molar-refractivity contribution in [1.29, 1.82) is 0 Å². The molecule has 0 atom stereocenters. The highest BCUT2D eigenvalue weighted by molar-refractivity contribution is 5.78. The second kappa shape index (κ2) is 8.23. The summed E-state index contributed by atoms with van der Waals surface area (Å²) in [5.41, 5.74) is 0.531. The minimum Gasteiger partial charge on any atom is -0.497 e. The van der Waals surface area contributed by atoms with Crippen molar-refractivity contribution in [1.82, 2.24) is 10.2 Å². The lowest BCUT2D eigenvalue weighted by molar-refractivity contribution is -0.132. The van der Waals surface area contributed by atoms with Gasteiger partial charge in [0.2, 0.25) is 5.91 Å². The number of ether oxygens (including phenoxy) is 2. The van der Waals surface area contributed by atoms with Gasteiger partial charge >= 0.3 is 6.09 Å². The summed E-state index contributed by atoms with van der Waals surface area (Å²) in [6.45, 7) is 6.28. The second-order valence-electron chi connectivity index (χ2n) is 7.28. The van der Waals surface area contributed by atoms with Crippen LogP contribution >= 0.6 is 0 Å². The van der Waals surface area contributed by atoms with E-state index in [9.17, 15) is 9.59 Å². The molecule has 1 aromatic rings. The van der Waals surface area contributed by atoms with Gasteiger partial charge in [0.1, 0.15) is 11.4 Å². The van der Waals surface area contributed by atoms with Gasteiger partial charge in [-0.2, -0.15) is 0 Å². The molecule has 0 bridgehead atoms. The number of amides is 2. The molecule has 0 heterocycles. The lowest BCUT2D eigenvalue weighted by Gasteiger charge is -2.23. The molecule has 0 aliphatic heterocycles. The summed E-state index contributed by atoms with van der Waals surface area (Å²) in [5, 5.41) is 2.64. The van der Waals surface area contributed by atoms with Crippen LogP contribution in [0.15, 0.2) is 24.3 Å². The van der Waals surface area contributed by atoms with Gasteiger partial charge in [-0.25, -0.2) is 4.79 Å². The quantitative estimate of drug-likeness (QED) is 0.822. The van der Waals surface area contributed by atoms with Crippen LogP contribution in [0.5, 0.6) is 5.75 Å². The Balaban J connectivity index is 1.83. The van der Waals surface area contributed by atoms with Crippen LogP contribution < -0.4 is 10.1 Å². The number of methoxy groups -OCH3 is 1. The van der Waals surface area contributed by atoms with Crippen molar-refractivity contribution in [3.63, 3.8) is 0 Å². The van der Waals surface area contributed by atoms with Gasteiger partial charge in [0.05, 0.1) is 7.11 Å². The van der Waals surface area contributed by atoms with Crippen LogP contribution in [-0.4, -0.2) is 42.2 Å². The van der Waals surface area contributed by atoms with Crippen LogP contribution in [0.1, 0.15) is 45.6 Å². The molecule has 0 saturated heterocycles. The predicted octanol–water partition coefficient (Wildman–Crippen LogP) is 3.10. The summed E-state index contributed by atoms with van der Waals surface area (Å²) < 4.78 is 10.3. The van der Waals surface area contributed by atoms with Crippen LogP contribution in [-0.2, 0) is 16.1 Å². The van der Waals surface area contributed by atoms with Gasteiger partial charge in [-0.05, 0) is 51.3 Å². The maximum atomic E-state index is 12.5. The Morgan fingerprint density at radius 2 is 1.84 bits per heavy atom. The monoisotopic (exact) mass is 348 g/mol. The topological polar surface area (TPSA) is 67.9 Å². The van der Waals surface area contributed by atoms with Crippen molar-refractivity contribution in [2.24, 2.45) is 0 Å². The molecule has 0 radical (unpaired) electrons. The molecule has 1 saturated carbocycles. The number of benzene rings is 1. The average Bonchev–Trinajstić information content (AvgIpc) is 3.36. The first-order valence-corrected chi connectivity index (χ1v) is 8.68. The number of nitrogens with zero attached hydrogens (tertiary/aromatic N) is 1. The maximum Gasteiger partial charge on any atom is 0.407 e. The molecule has 1 aliphatic rings. The first kappa shape index (κ1) is 19.1. The van der Waals surface area contributed by atoms with Crippen LogP contribution in [0.3, 0.4) is 0 Å². The van der Waals surface area contributed by atoms with E-state index in [0.29, 0.717) is 12.6 Å². The highest BCUT2D eigenvalue weighted by Crippen LogP contribution is 2.29. The van der Waals surface area contributed by atoms with E-state index in [0.717, 1.165) is 24.2 Å². The van der Waals surface area contributed by atoms with Crippen LogP contribution in [0.2, 0.25) is 0 Å². The van der Waals surface area contributed by atoms with E-state index in [1.165, 1.54) is 0 Å². The summed E-state index contributed by atoms with van der Waals surface area (Å²) in [7, 11) is 1.63. The predicted molar refractivity (Wildman–Crippen MR) is 95.4 cm³/mol. The molecular weight excluding hydrogens is 320 g/mol. The zero-order chi connectivity index (χ0) is 18.4. The standard InChI is InChI=1S/C19H28N2O4/c1-19(2,3)25-18(23)20-12-11-17(22)21(15-7-8-15)13-14-5-9-16(24-4)10-6-14/h5-6,9-10,15H,7-8,11-13H2,1-4H3,(H,20,23). The third-order valence-electron chi connectivity index (χ3n) is 3.83. The molecule has 2 amide bonds. The van der Waals surface area contributed by atoms with Crippen LogP contribution in [0, 0.1) is 0 Å². The fourth-order valence-electron chi connectivity index (χ4n) is 2.46. The van der Waals surface area contributed by atoms with Crippen molar-refractivity contribution in [2.45, 2.75) is 58.2 Å². The third-order valence-corrected chi connectivity index (χ3v) is 3.83.